The van der Waals surface area contributed by atoms with Gasteiger partial charge in [0.1, 0.15) is 5.82 Å². The predicted molar refractivity (Wildman–Crippen MR) is 75.4 cm³/mol. The summed E-state index contributed by atoms with van der Waals surface area (Å²) >= 11 is 0. The third-order valence-electron chi connectivity index (χ3n) is 3.27. The summed E-state index contributed by atoms with van der Waals surface area (Å²) in [6.45, 7) is 0. The van der Waals surface area contributed by atoms with Crippen LogP contribution >= 0.6 is 0 Å². The number of carbonyl (C=O) groups excluding carboxylic acids is 1. The Morgan fingerprint density at radius 3 is 2.81 bits per heavy atom. The molecule has 1 unspecified atom stereocenters. The van der Waals surface area contributed by atoms with Crippen molar-refractivity contribution in [3.63, 3.8) is 0 Å². The highest BCUT2D eigenvalue weighted by Crippen LogP contribution is 2.36. The number of aromatic nitrogens is 1. The van der Waals surface area contributed by atoms with E-state index in [4.69, 9.17) is 4.74 Å². The number of Topliss-reactive ketones (excluding diaryl/α,β-unsaturated/α-hetero) is 1. The van der Waals surface area contributed by atoms with Crippen LogP contribution in [-0.4, -0.2) is 17.8 Å². The first-order valence-electron chi connectivity index (χ1n) is 6.49. The summed E-state index contributed by atoms with van der Waals surface area (Å²) in [5, 5.41) is 2.86. The molecule has 1 atom stereocenters. The van der Waals surface area contributed by atoms with Crippen LogP contribution in [0.4, 0.5) is 4.39 Å². The Hall–Kier alpha value is -2.69. The lowest BCUT2D eigenvalue weighted by Crippen LogP contribution is -2.10. The molecule has 0 radical (unpaired) electrons. The van der Waals surface area contributed by atoms with E-state index < -0.39 is 11.9 Å². The zero-order chi connectivity index (χ0) is 14.8. The number of carbonyl (C=O) groups is 1. The Balaban J connectivity index is 2.01. The molecular formula is C16H13FN2O2. The number of benzene rings is 1. The van der Waals surface area contributed by atoms with Gasteiger partial charge >= 0.3 is 0 Å². The molecule has 0 bridgehead atoms. The van der Waals surface area contributed by atoms with Gasteiger partial charge in [0.2, 0.25) is 5.78 Å². The highest BCUT2D eigenvalue weighted by molar-refractivity contribution is 6.25. The minimum atomic E-state index is -0.751. The first kappa shape index (κ1) is 13.3. The third-order valence-corrected chi connectivity index (χ3v) is 3.27. The predicted octanol–water partition coefficient (Wildman–Crippen LogP) is 2.45. The number of hydrogen-bond donors (Lipinski definition) is 1. The Morgan fingerprint density at radius 1 is 1.29 bits per heavy atom. The number of ketones is 1. The zero-order valence-electron chi connectivity index (χ0n) is 11.3. The number of nitrogens with one attached hydrogen (secondary N) is 1. The summed E-state index contributed by atoms with van der Waals surface area (Å²) in [6.07, 6.45) is 2.46. The molecule has 3 rings (SSSR count). The molecule has 106 valence electrons. The molecule has 1 aromatic carbocycles. The smallest absolute Gasteiger partial charge is 0.214 e. The Bertz CT molecular complexity index is 713. The van der Waals surface area contributed by atoms with E-state index in [2.05, 4.69) is 10.3 Å². The molecular weight excluding hydrogens is 271 g/mol. The molecule has 4 nitrogen and oxygen atoms in total. The lowest BCUT2D eigenvalue weighted by atomic mass is 9.98. The normalized spacial score (nSPS) is 17.8. The van der Waals surface area contributed by atoms with E-state index >= 15 is 0 Å². The summed E-state index contributed by atoms with van der Waals surface area (Å²) in [5.74, 6) is -0.259. The van der Waals surface area contributed by atoms with Gasteiger partial charge in [-0.25, -0.2) is 4.39 Å². The fraction of sp³-hybridized carbons (Fsp3) is 0.125. The summed E-state index contributed by atoms with van der Waals surface area (Å²) in [6, 6.07) is 9.42. The Kier molecular flexibility index (Phi) is 3.39. The number of pyridine rings is 1. The fourth-order valence-electron chi connectivity index (χ4n) is 2.33. The minimum Gasteiger partial charge on any atom is -0.462 e. The maximum Gasteiger partial charge on any atom is 0.214 e. The maximum absolute atomic E-state index is 13.4. The maximum atomic E-state index is 13.4. The van der Waals surface area contributed by atoms with Crippen molar-refractivity contribution in [3.8, 4) is 0 Å². The first-order valence-corrected chi connectivity index (χ1v) is 6.49. The number of nitrogens with zero attached hydrogens (tertiary/aromatic N) is 1. The lowest BCUT2D eigenvalue weighted by molar-refractivity contribution is -0.120. The molecule has 0 fully saturated rings. The average Bonchev–Trinajstić information content (AvgIpc) is 2.85. The summed E-state index contributed by atoms with van der Waals surface area (Å²) in [5.41, 5.74) is 1.52. The average molecular weight is 284 g/mol. The highest BCUT2D eigenvalue weighted by atomic mass is 19.1. The number of halogens is 1. The van der Waals surface area contributed by atoms with Crippen molar-refractivity contribution >= 4 is 11.4 Å². The van der Waals surface area contributed by atoms with Crippen LogP contribution in [0.3, 0.4) is 0 Å². The van der Waals surface area contributed by atoms with E-state index in [1.807, 2.05) is 0 Å². The van der Waals surface area contributed by atoms with Gasteiger partial charge in [0.05, 0.1) is 5.57 Å². The second-order valence-electron chi connectivity index (χ2n) is 4.61. The summed E-state index contributed by atoms with van der Waals surface area (Å²) < 4.78 is 19.1. The van der Waals surface area contributed by atoms with Crippen molar-refractivity contribution in [2.24, 2.45) is 0 Å². The van der Waals surface area contributed by atoms with Crippen LogP contribution in [-0.2, 0) is 9.53 Å². The van der Waals surface area contributed by atoms with Crippen molar-refractivity contribution < 1.29 is 13.9 Å². The van der Waals surface area contributed by atoms with E-state index in [1.54, 1.807) is 43.7 Å². The molecule has 1 N–H and O–H groups in total. The summed E-state index contributed by atoms with van der Waals surface area (Å²) in [7, 11) is 1.66. The minimum absolute atomic E-state index is 0.210. The standard InChI is InChI=1S/C16H13FN2O2/c1-18-16-13(10-4-2-6-12(17)8-10)14(20)15(21-16)11-5-3-7-19-9-11/h2-9,15,18H,1H3. The van der Waals surface area contributed by atoms with Crippen LogP contribution in [0.1, 0.15) is 17.2 Å². The van der Waals surface area contributed by atoms with Gasteiger partial charge in [-0.05, 0) is 23.8 Å². The van der Waals surface area contributed by atoms with Crippen LogP contribution in [0.15, 0.2) is 54.7 Å². The second-order valence-corrected chi connectivity index (χ2v) is 4.61. The molecule has 0 saturated carbocycles. The molecule has 2 aromatic rings. The third kappa shape index (κ3) is 2.38. The highest BCUT2D eigenvalue weighted by Gasteiger charge is 2.36. The van der Waals surface area contributed by atoms with Crippen LogP contribution in [0, 0.1) is 5.82 Å². The fourth-order valence-corrected chi connectivity index (χ4v) is 2.33. The van der Waals surface area contributed by atoms with Crippen LogP contribution in [0.25, 0.3) is 5.57 Å². The van der Waals surface area contributed by atoms with Gasteiger partial charge in [-0.3, -0.25) is 9.78 Å². The van der Waals surface area contributed by atoms with Crippen molar-refractivity contribution in [3.05, 3.63) is 71.6 Å². The number of ether oxygens (including phenoxy) is 1. The van der Waals surface area contributed by atoms with Gasteiger partial charge in [0.25, 0.3) is 0 Å². The molecule has 0 amide bonds. The largest absolute Gasteiger partial charge is 0.462 e. The molecule has 0 aliphatic carbocycles. The van der Waals surface area contributed by atoms with Crippen molar-refractivity contribution in [2.75, 3.05) is 7.05 Å². The molecule has 21 heavy (non-hydrogen) atoms. The first-order chi connectivity index (χ1) is 10.2. The summed E-state index contributed by atoms with van der Waals surface area (Å²) in [4.78, 5) is 16.6. The zero-order valence-corrected chi connectivity index (χ0v) is 11.3. The van der Waals surface area contributed by atoms with Gasteiger partial charge in [0, 0.05) is 25.0 Å². The van der Waals surface area contributed by atoms with Crippen LogP contribution in [0.5, 0.6) is 0 Å². The SMILES string of the molecule is CNC1=C(c2cccc(F)c2)C(=O)C(c2cccnc2)O1. The van der Waals surface area contributed by atoms with Crippen LogP contribution in [0.2, 0.25) is 0 Å². The van der Waals surface area contributed by atoms with E-state index in [1.165, 1.54) is 12.1 Å². The Labute approximate surface area is 121 Å². The Morgan fingerprint density at radius 2 is 2.14 bits per heavy atom. The van der Waals surface area contributed by atoms with Crippen LogP contribution < -0.4 is 5.32 Å². The quantitative estimate of drug-likeness (QED) is 0.940. The number of rotatable bonds is 3. The van der Waals surface area contributed by atoms with Gasteiger partial charge < -0.3 is 10.1 Å². The topological polar surface area (TPSA) is 51.2 Å². The second kappa shape index (κ2) is 5.36. The van der Waals surface area contributed by atoms with Gasteiger partial charge in [-0.15, -0.1) is 0 Å². The van der Waals surface area contributed by atoms with Gasteiger partial charge in [-0.1, -0.05) is 18.2 Å². The van der Waals surface area contributed by atoms with Crippen molar-refractivity contribution in [1.29, 1.82) is 0 Å². The van der Waals surface area contributed by atoms with Crippen molar-refractivity contribution in [1.82, 2.24) is 10.3 Å². The van der Waals surface area contributed by atoms with Gasteiger partial charge in [-0.2, -0.15) is 0 Å². The van der Waals surface area contributed by atoms with E-state index in [9.17, 15) is 9.18 Å². The molecule has 1 aromatic heterocycles. The lowest BCUT2D eigenvalue weighted by Gasteiger charge is -2.10. The monoisotopic (exact) mass is 284 g/mol. The molecule has 5 heteroatoms. The van der Waals surface area contributed by atoms with Gasteiger partial charge in [0.15, 0.2) is 12.0 Å². The number of hydrogen-bond acceptors (Lipinski definition) is 4. The molecule has 0 saturated heterocycles. The molecule has 2 heterocycles. The van der Waals surface area contributed by atoms with E-state index in [0.717, 1.165) is 0 Å². The molecule has 1 aliphatic rings. The van der Waals surface area contributed by atoms with E-state index in [-0.39, 0.29) is 5.78 Å². The van der Waals surface area contributed by atoms with E-state index in [0.29, 0.717) is 22.6 Å². The van der Waals surface area contributed by atoms with Crippen molar-refractivity contribution in [2.45, 2.75) is 6.10 Å². The molecule has 1 aliphatic heterocycles. The molecule has 0 spiro atoms.